The highest BCUT2D eigenvalue weighted by atomic mass is 15.1. The Hall–Kier alpha value is -0.830. The third-order valence-corrected chi connectivity index (χ3v) is 4.66. The van der Waals surface area contributed by atoms with Crippen LogP contribution in [0.2, 0.25) is 0 Å². The molecule has 1 aliphatic carbocycles. The fourth-order valence-electron chi connectivity index (χ4n) is 3.01. The van der Waals surface area contributed by atoms with Gasteiger partial charge in [-0.05, 0) is 25.7 Å². The number of aromatic nitrogens is 2. The topological polar surface area (TPSA) is 43.8 Å². The molecule has 2 rings (SSSR count). The third kappa shape index (κ3) is 2.94. The van der Waals surface area contributed by atoms with Crippen LogP contribution in [-0.4, -0.2) is 15.1 Å². The molecule has 0 amide bonds. The average molecular weight is 249 g/mol. The number of rotatable bonds is 5. The average Bonchev–Trinajstić information content (AvgIpc) is 2.87. The molecule has 0 aliphatic heterocycles. The van der Waals surface area contributed by atoms with E-state index in [0.29, 0.717) is 5.92 Å². The molecule has 1 aromatic heterocycles. The van der Waals surface area contributed by atoms with Crippen molar-refractivity contribution in [2.45, 2.75) is 76.8 Å². The SMILES string of the molecule is CCC(N)(CC)Cn1cncc1C1CCCCC1. The Balaban J connectivity index is 2.11. The minimum atomic E-state index is -0.0792. The number of nitrogens with two attached hydrogens (primary N) is 1. The van der Waals surface area contributed by atoms with Crippen LogP contribution in [0.3, 0.4) is 0 Å². The summed E-state index contributed by atoms with van der Waals surface area (Å²) in [7, 11) is 0. The second kappa shape index (κ2) is 5.87. The maximum Gasteiger partial charge on any atom is 0.0948 e. The molecule has 0 saturated heterocycles. The molecule has 102 valence electrons. The smallest absolute Gasteiger partial charge is 0.0948 e. The van der Waals surface area contributed by atoms with Gasteiger partial charge in [0.15, 0.2) is 0 Å². The van der Waals surface area contributed by atoms with Gasteiger partial charge in [0.05, 0.1) is 6.33 Å². The number of imidazole rings is 1. The molecule has 0 atom stereocenters. The van der Waals surface area contributed by atoms with Crippen molar-refractivity contribution in [2.75, 3.05) is 0 Å². The highest BCUT2D eigenvalue weighted by Crippen LogP contribution is 2.33. The summed E-state index contributed by atoms with van der Waals surface area (Å²) in [4.78, 5) is 4.36. The Bertz CT molecular complexity index is 360. The maximum atomic E-state index is 6.44. The van der Waals surface area contributed by atoms with Crippen molar-refractivity contribution in [3.8, 4) is 0 Å². The first-order valence-corrected chi connectivity index (χ1v) is 7.47. The van der Waals surface area contributed by atoms with E-state index in [-0.39, 0.29) is 5.54 Å². The van der Waals surface area contributed by atoms with Crippen molar-refractivity contribution in [1.29, 1.82) is 0 Å². The molecule has 1 saturated carbocycles. The molecule has 1 heterocycles. The normalized spacial score (nSPS) is 18.2. The number of nitrogens with zero attached hydrogens (tertiary/aromatic N) is 2. The molecule has 0 radical (unpaired) electrons. The van der Waals surface area contributed by atoms with Gasteiger partial charge in [-0.1, -0.05) is 33.1 Å². The Morgan fingerprint density at radius 1 is 1.28 bits per heavy atom. The van der Waals surface area contributed by atoms with E-state index in [9.17, 15) is 0 Å². The van der Waals surface area contributed by atoms with E-state index in [1.807, 2.05) is 6.33 Å². The number of hydrogen-bond donors (Lipinski definition) is 1. The van der Waals surface area contributed by atoms with E-state index in [1.54, 1.807) is 0 Å². The van der Waals surface area contributed by atoms with E-state index < -0.39 is 0 Å². The summed E-state index contributed by atoms with van der Waals surface area (Å²) in [6, 6.07) is 0. The van der Waals surface area contributed by atoms with Crippen molar-refractivity contribution < 1.29 is 0 Å². The second-order valence-corrected chi connectivity index (χ2v) is 5.85. The van der Waals surface area contributed by atoms with Gasteiger partial charge in [0.1, 0.15) is 0 Å². The number of hydrogen-bond acceptors (Lipinski definition) is 2. The highest BCUT2D eigenvalue weighted by molar-refractivity contribution is 5.08. The summed E-state index contributed by atoms with van der Waals surface area (Å²) in [6.45, 7) is 5.27. The molecule has 0 aromatic carbocycles. The molecule has 0 bridgehead atoms. The van der Waals surface area contributed by atoms with Crippen molar-refractivity contribution in [3.63, 3.8) is 0 Å². The lowest BCUT2D eigenvalue weighted by atomic mass is 9.86. The zero-order valence-corrected chi connectivity index (χ0v) is 11.9. The minimum absolute atomic E-state index is 0.0792. The first-order chi connectivity index (χ1) is 8.68. The van der Waals surface area contributed by atoms with Gasteiger partial charge < -0.3 is 10.3 Å². The Labute approximate surface area is 111 Å². The summed E-state index contributed by atoms with van der Waals surface area (Å²) in [5.41, 5.74) is 7.77. The zero-order valence-electron chi connectivity index (χ0n) is 11.9. The molecule has 18 heavy (non-hydrogen) atoms. The lowest BCUT2D eigenvalue weighted by Gasteiger charge is -2.30. The van der Waals surface area contributed by atoms with Crippen LogP contribution in [0.4, 0.5) is 0 Å². The van der Waals surface area contributed by atoms with Crippen LogP contribution in [0.5, 0.6) is 0 Å². The van der Waals surface area contributed by atoms with Crippen LogP contribution in [0.15, 0.2) is 12.5 Å². The fourth-order valence-corrected chi connectivity index (χ4v) is 3.01. The maximum absolute atomic E-state index is 6.44. The van der Waals surface area contributed by atoms with Crippen molar-refractivity contribution >= 4 is 0 Å². The lowest BCUT2D eigenvalue weighted by Crippen LogP contribution is -2.43. The molecule has 1 aliphatic rings. The van der Waals surface area contributed by atoms with Crippen LogP contribution in [0.25, 0.3) is 0 Å². The Kier molecular flexibility index (Phi) is 4.44. The van der Waals surface area contributed by atoms with E-state index in [2.05, 4.69) is 29.6 Å². The van der Waals surface area contributed by atoms with E-state index in [4.69, 9.17) is 5.73 Å². The lowest BCUT2D eigenvalue weighted by molar-refractivity contribution is 0.325. The van der Waals surface area contributed by atoms with E-state index in [0.717, 1.165) is 19.4 Å². The van der Waals surface area contributed by atoms with Gasteiger partial charge in [-0.3, -0.25) is 0 Å². The molecule has 1 fully saturated rings. The van der Waals surface area contributed by atoms with E-state index in [1.165, 1.54) is 37.8 Å². The standard InChI is InChI=1S/C15H27N3/c1-3-15(16,4-2)11-18-12-17-10-14(18)13-8-6-5-7-9-13/h10,12-13H,3-9,11,16H2,1-2H3. The van der Waals surface area contributed by atoms with Gasteiger partial charge in [-0.15, -0.1) is 0 Å². The minimum Gasteiger partial charge on any atom is -0.332 e. The van der Waals surface area contributed by atoms with Gasteiger partial charge in [-0.2, -0.15) is 0 Å². The Morgan fingerprint density at radius 3 is 2.56 bits per heavy atom. The molecular weight excluding hydrogens is 222 g/mol. The van der Waals surface area contributed by atoms with E-state index >= 15 is 0 Å². The van der Waals surface area contributed by atoms with Crippen LogP contribution >= 0.6 is 0 Å². The molecular formula is C15H27N3. The molecule has 2 N–H and O–H groups in total. The summed E-state index contributed by atoms with van der Waals surface area (Å²) in [5.74, 6) is 0.708. The van der Waals surface area contributed by atoms with Gasteiger partial charge in [-0.25, -0.2) is 4.98 Å². The van der Waals surface area contributed by atoms with Gasteiger partial charge in [0.2, 0.25) is 0 Å². The predicted octanol–water partition coefficient (Wildman–Crippen LogP) is 3.45. The first kappa shape index (κ1) is 13.6. The highest BCUT2D eigenvalue weighted by Gasteiger charge is 2.24. The monoisotopic (exact) mass is 249 g/mol. The van der Waals surface area contributed by atoms with Crippen LogP contribution < -0.4 is 5.73 Å². The van der Waals surface area contributed by atoms with Gasteiger partial charge >= 0.3 is 0 Å². The molecule has 1 aromatic rings. The van der Waals surface area contributed by atoms with Crippen LogP contribution in [0, 0.1) is 0 Å². The molecule has 0 unspecified atom stereocenters. The van der Waals surface area contributed by atoms with Gasteiger partial charge in [0, 0.05) is 29.9 Å². The Morgan fingerprint density at radius 2 is 1.94 bits per heavy atom. The van der Waals surface area contributed by atoms with Crippen LogP contribution in [0.1, 0.15) is 70.4 Å². The first-order valence-electron chi connectivity index (χ1n) is 7.47. The largest absolute Gasteiger partial charge is 0.332 e. The van der Waals surface area contributed by atoms with Gasteiger partial charge in [0.25, 0.3) is 0 Å². The fraction of sp³-hybridized carbons (Fsp3) is 0.800. The summed E-state index contributed by atoms with van der Waals surface area (Å²) < 4.78 is 2.31. The second-order valence-electron chi connectivity index (χ2n) is 5.85. The molecule has 0 spiro atoms. The quantitative estimate of drug-likeness (QED) is 0.868. The van der Waals surface area contributed by atoms with Crippen molar-refractivity contribution in [1.82, 2.24) is 9.55 Å². The van der Waals surface area contributed by atoms with Crippen LogP contribution in [-0.2, 0) is 6.54 Å². The molecule has 3 nitrogen and oxygen atoms in total. The summed E-state index contributed by atoms with van der Waals surface area (Å²) in [6.07, 6.45) is 12.8. The zero-order chi connectivity index (χ0) is 13.0. The predicted molar refractivity (Wildman–Crippen MR) is 75.6 cm³/mol. The third-order valence-electron chi connectivity index (χ3n) is 4.66. The summed E-state index contributed by atoms with van der Waals surface area (Å²) in [5, 5.41) is 0. The van der Waals surface area contributed by atoms with Crippen molar-refractivity contribution in [2.24, 2.45) is 5.73 Å². The molecule has 3 heteroatoms. The summed E-state index contributed by atoms with van der Waals surface area (Å²) >= 11 is 0. The van der Waals surface area contributed by atoms with Crippen molar-refractivity contribution in [3.05, 3.63) is 18.2 Å².